The maximum Gasteiger partial charge on any atom is 0.274 e. The fourth-order valence-corrected chi connectivity index (χ4v) is 1.88. The topological polar surface area (TPSA) is 50.3 Å². The molecule has 102 valence electrons. The highest BCUT2D eigenvalue weighted by Gasteiger charge is 2.22. The molecule has 0 fully saturated rings. The van der Waals surface area contributed by atoms with Gasteiger partial charge in [0.05, 0.1) is 11.3 Å². The van der Waals surface area contributed by atoms with Crippen molar-refractivity contribution < 1.29 is 4.74 Å². The summed E-state index contributed by atoms with van der Waals surface area (Å²) in [5, 5.41) is 3.09. The van der Waals surface area contributed by atoms with E-state index in [2.05, 4.69) is 31.6 Å². The minimum absolute atomic E-state index is 0.0633. The highest BCUT2D eigenvalue weighted by Crippen LogP contribution is 2.23. The van der Waals surface area contributed by atoms with Crippen molar-refractivity contribution in [2.24, 2.45) is 7.05 Å². The number of aryl methyl sites for hydroxylation is 1. The zero-order valence-corrected chi connectivity index (χ0v) is 11.9. The first kappa shape index (κ1) is 13.3. The number of hydrogen-bond acceptors (Lipinski definition) is 3. The van der Waals surface area contributed by atoms with E-state index >= 15 is 0 Å². The molecule has 0 aliphatic carbocycles. The second-order valence-corrected chi connectivity index (χ2v) is 5.62. The molecule has 0 spiro atoms. The lowest BCUT2D eigenvalue weighted by molar-refractivity contribution is 0.296. The Morgan fingerprint density at radius 3 is 2.58 bits per heavy atom. The van der Waals surface area contributed by atoms with E-state index in [0.717, 1.165) is 5.69 Å². The molecule has 5 heteroatoms. The molecule has 0 unspecified atom stereocenters. The van der Waals surface area contributed by atoms with Gasteiger partial charge in [0.1, 0.15) is 6.26 Å². The standard InChI is InChI=1S/C14H19N3O2/c1-14(2,3)12-10(13(18)17(5)15-12)6-7-11-16(4)8-9-19-11/h6,8-9,15H,1-5H3. The van der Waals surface area contributed by atoms with E-state index in [0.29, 0.717) is 11.4 Å². The Hall–Kier alpha value is -2.13. The first-order chi connectivity index (χ1) is 8.80. The normalized spacial score (nSPS) is 14.6. The number of H-pyrrole nitrogens is 1. The van der Waals surface area contributed by atoms with Gasteiger partial charge in [-0.1, -0.05) is 26.5 Å². The fourth-order valence-electron chi connectivity index (χ4n) is 1.88. The van der Waals surface area contributed by atoms with Crippen LogP contribution in [0.3, 0.4) is 0 Å². The molecule has 0 saturated heterocycles. The van der Waals surface area contributed by atoms with E-state index < -0.39 is 0 Å². The maximum atomic E-state index is 12.1. The third kappa shape index (κ3) is 2.51. The van der Waals surface area contributed by atoms with Gasteiger partial charge in [-0.15, -0.1) is 0 Å². The van der Waals surface area contributed by atoms with Gasteiger partial charge in [-0.2, -0.15) is 0 Å². The minimum Gasteiger partial charge on any atom is -0.440 e. The number of aromatic nitrogens is 2. The predicted octanol–water partition coefficient (Wildman–Crippen LogP) is 1.90. The van der Waals surface area contributed by atoms with Crippen LogP contribution >= 0.6 is 0 Å². The van der Waals surface area contributed by atoms with Gasteiger partial charge in [-0.25, -0.2) is 0 Å². The molecule has 1 aliphatic heterocycles. The molecule has 1 aromatic heterocycles. The van der Waals surface area contributed by atoms with Crippen LogP contribution in [0, 0.1) is 0 Å². The molecular weight excluding hydrogens is 242 g/mol. The van der Waals surface area contributed by atoms with Crippen LogP contribution in [0.1, 0.15) is 32.0 Å². The third-order valence-electron chi connectivity index (χ3n) is 2.96. The van der Waals surface area contributed by atoms with Gasteiger partial charge < -0.3 is 9.64 Å². The van der Waals surface area contributed by atoms with Crippen molar-refractivity contribution in [2.45, 2.75) is 26.2 Å². The summed E-state index contributed by atoms with van der Waals surface area (Å²) in [5.41, 5.74) is 4.32. The van der Waals surface area contributed by atoms with Crippen molar-refractivity contribution in [3.63, 3.8) is 0 Å². The van der Waals surface area contributed by atoms with Crippen LogP contribution in [0.4, 0.5) is 0 Å². The Kier molecular flexibility index (Phi) is 3.16. The molecule has 19 heavy (non-hydrogen) atoms. The summed E-state index contributed by atoms with van der Waals surface area (Å²) >= 11 is 0. The summed E-state index contributed by atoms with van der Waals surface area (Å²) in [6.45, 7) is 6.17. The first-order valence-electron chi connectivity index (χ1n) is 6.13. The molecule has 2 rings (SSSR count). The van der Waals surface area contributed by atoms with Crippen molar-refractivity contribution >= 4 is 6.08 Å². The molecule has 2 heterocycles. The number of nitrogens with zero attached hydrogens (tertiary/aromatic N) is 2. The van der Waals surface area contributed by atoms with Crippen LogP contribution in [-0.4, -0.2) is 21.7 Å². The Balaban J connectivity index is 2.52. The lowest BCUT2D eigenvalue weighted by Crippen LogP contribution is -2.15. The van der Waals surface area contributed by atoms with Crippen molar-refractivity contribution in [1.82, 2.24) is 14.7 Å². The van der Waals surface area contributed by atoms with Gasteiger partial charge in [-0.3, -0.25) is 14.6 Å². The molecule has 1 aliphatic rings. The second kappa shape index (κ2) is 4.52. The van der Waals surface area contributed by atoms with E-state index in [1.165, 1.54) is 4.68 Å². The van der Waals surface area contributed by atoms with Gasteiger partial charge >= 0.3 is 0 Å². The maximum absolute atomic E-state index is 12.1. The van der Waals surface area contributed by atoms with E-state index in [4.69, 9.17) is 4.74 Å². The van der Waals surface area contributed by atoms with Crippen LogP contribution in [0.2, 0.25) is 0 Å². The van der Waals surface area contributed by atoms with Crippen molar-refractivity contribution in [2.75, 3.05) is 7.05 Å². The zero-order valence-electron chi connectivity index (χ0n) is 11.9. The van der Waals surface area contributed by atoms with Crippen LogP contribution in [-0.2, 0) is 17.2 Å². The number of nitrogens with one attached hydrogen (secondary N) is 1. The number of ether oxygens (including phenoxy) is 1. The van der Waals surface area contributed by atoms with Gasteiger partial charge in [0, 0.05) is 31.8 Å². The Morgan fingerprint density at radius 2 is 2.05 bits per heavy atom. The molecule has 0 bridgehead atoms. The first-order valence-corrected chi connectivity index (χ1v) is 6.13. The molecular formula is C14H19N3O2. The van der Waals surface area contributed by atoms with E-state index in [1.54, 1.807) is 30.5 Å². The molecule has 0 amide bonds. The van der Waals surface area contributed by atoms with E-state index in [9.17, 15) is 4.79 Å². The Bertz CT molecular complexity index is 635. The Morgan fingerprint density at radius 1 is 1.37 bits per heavy atom. The number of rotatable bonds is 1. The molecule has 0 aromatic carbocycles. The quantitative estimate of drug-likeness (QED) is 0.785. The summed E-state index contributed by atoms with van der Waals surface area (Å²) in [5.74, 6) is 0.572. The van der Waals surface area contributed by atoms with Crippen LogP contribution in [0.25, 0.3) is 6.08 Å². The van der Waals surface area contributed by atoms with Crippen molar-refractivity contribution in [1.29, 1.82) is 0 Å². The lowest BCUT2D eigenvalue weighted by Gasteiger charge is -2.16. The number of hydrogen-bond donors (Lipinski definition) is 1. The number of aromatic amines is 1. The second-order valence-electron chi connectivity index (χ2n) is 5.62. The van der Waals surface area contributed by atoms with Crippen LogP contribution in [0.15, 0.2) is 28.9 Å². The molecule has 5 nitrogen and oxygen atoms in total. The smallest absolute Gasteiger partial charge is 0.274 e. The van der Waals surface area contributed by atoms with Gasteiger partial charge in [0.2, 0.25) is 5.88 Å². The predicted molar refractivity (Wildman–Crippen MR) is 74.2 cm³/mol. The molecule has 1 aromatic rings. The highest BCUT2D eigenvalue weighted by molar-refractivity contribution is 5.52. The minimum atomic E-state index is -0.140. The summed E-state index contributed by atoms with van der Waals surface area (Å²) in [6.07, 6.45) is 5.05. The fraction of sp³-hybridized carbons (Fsp3) is 0.429. The van der Waals surface area contributed by atoms with Gasteiger partial charge in [0.25, 0.3) is 5.56 Å². The average Bonchev–Trinajstić information content (AvgIpc) is 2.82. The molecule has 1 N–H and O–H groups in total. The van der Waals surface area contributed by atoms with Crippen molar-refractivity contribution in [3.05, 3.63) is 45.7 Å². The molecule has 0 radical (unpaired) electrons. The highest BCUT2D eigenvalue weighted by atomic mass is 16.5. The van der Waals surface area contributed by atoms with E-state index in [-0.39, 0.29) is 11.0 Å². The summed E-state index contributed by atoms with van der Waals surface area (Å²) in [4.78, 5) is 13.9. The summed E-state index contributed by atoms with van der Waals surface area (Å²) in [7, 11) is 3.57. The Labute approximate surface area is 112 Å². The monoisotopic (exact) mass is 261 g/mol. The summed E-state index contributed by atoms with van der Waals surface area (Å²) < 4.78 is 6.74. The third-order valence-corrected chi connectivity index (χ3v) is 2.96. The van der Waals surface area contributed by atoms with Gasteiger partial charge in [-0.05, 0) is 0 Å². The van der Waals surface area contributed by atoms with Gasteiger partial charge in [0.15, 0.2) is 0 Å². The summed E-state index contributed by atoms with van der Waals surface area (Å²) in [6, 6.07) is 0. The average molecular weight is 261 g/mol. The van der Waals surface area contributed by atoms with Crippen LogP contribution in [0.5, 0.6) is 0 Å². The van der Waals surface area contributed by atoms with Crippen molar-refractivity contribution in [3.8, 4) is 0 Å². The lowest BCUT2D eigenvalue weighted by atomic mass is 9.89. The molecule has 0 atom stereocenters. The largest absolute Gasteiger partial charge is 0.440 e. The van der Waals surface area contributed by atoms with Crippen LogP contribution < -0.4 is 5.56 Å². The molecule has 0 saturated carbocycles. The zero-order chi connectivity index (χ0) is 14.2. The SMILES string of the molecule is CN1C=COC1=C=Cc1c(C(C)(C)C)[nH]n(C)c1=O. The van der Waals surface area contributed by atoms with E-state index in [1.807, 2.05) is 7.05 Å².